The lowest BCUT2D eigenvalue weighted by Gasteiger charge is -2.35. The molecule has 0 saturated heterocycles. The zero-order chi connectivity index (χ0) is 15.4. The first kappa shape index (κ1) is 15.1. The molecule has 0 heterocycles. The van der Waals surface area contributed by atoms with Gasteiger partial charge in [0, 0.05) is 17.5 Å². The van der Waals surface area contributed by atoms with Crippen molar-refractivity contribution in [3.63, 3.8) is 0 Å². The minimum atomic E-state index is 0.255. The maximum Gasteiger partial charge on any atom is 0.119 e. The van der Waals surface area contributed by atoms with Crippen molar-refractivity contribution in [2.45, 2.75) is 37.6 Å². The van der Waals surface area contributed by atoms with E-state index in [0.717, 1.165) is 24.6 Å². The van der Waals surface area contributed by atoms with Crippen LogP contribution in [0.25, 0.3) is 0 Å². The molecule has 0 spiro atoms. The van der Waals surface area contributed by atoms with E-state index >= 15 is 0 Å². The van der Waals surface area contributed by atoms with E-state index < -0.39 is 0 Å². The molecule has 22 heavy (non-hydrogen) atoms. The maximum absolute atomic E-state index is 10.3. The van der Waals surface area contributed by atoms with Gasteiger partial charge in [0.05, 0.1) is 0 Å². The van der Waals surface area contributed by atoms with Crippen LogP contribution in [0, 0.1) is 0 Å². The summed E-state index contributed by atoms with van der Waals surface area (Å²) in [5, 5.41) is 10.3. The zero-order valence-corrected chi connectivity index (χ0v) is 13.3. The number of nitrogens with zero attached hydrogens (tertiary/aromatic N) is 1. The predicted molar refractivity (Wildman–Crippen MR) is 91.3 cm³/mol. The second kappa shape index (κ2) is 6.97. The fourth-order valence-corrected chi connectivity index (χ4v) is 3.31. The number of para-hydroxylation sites is 1. The van der Waals surface area contributed by atoms with Crippen LogP contribution in [0.3, 0.4) is 0 Å². The summed E-state index contributed by atoms with van der Waals surface area (Å²) in [6.07, 6.45) is 5.08. The minimum Gasteiger partial charge on any atom is -0.508 e. The summed E-state index contributed by atoms with van der Waals surface area (Å²) in [5.74, 6) is 0.660. The van der Waals surface area contributed by atoms with Crippen molar-refractivity contribution < 1.29 is 5.11 Å². The summed E-state index contributed by atoms with van der Waals surface area (Å²) < 4.78 is 0. The SMILES string of the molecule is CN(CCC(c1ccccc1)c1ccccc1O)C1CCC1. The van der Waals surface area contributed by atoms with Crippen LogP contribution in [0.1, 0.15) is 42.7 Å². The zero-order valence-electron chi connectivity index (χ0n) is 13.3. The second-order valence-corrected chi connectivity index (χ2v) is 6.38. The van der Waals surface area contributed by atoms with Crippen molar-refractivity contribution in [1.82, 2.24) is 4.90 Å². The Morgan fingerprint density at radius 3 is 2.36 bits per heavy atom. The van der Waals surface area contributed by atoms with Gasteiger partial charge in [-0.1, -0.05) is 55.0 Å². The Hall–Kier alpha value is -1.80. The van der Waals surface area contributed by atoms with E-state index in [1.807, 2.05) is 18.2 Å². The van der Waals surface area contributed by atoms with Gasteiger partial charge in [0.15, 0.2) is 0 Å². The van der Waals surface area contributed by atoms with E-state index in [9.17, 15) is 5.11 Å². The van der Waals surface area contributed by atoms with Crippen LogP contribution >= 0.6 is 0 Å². The summed E-state index contributed by atoms with van der Waals surface area (Å²) >= 11 is 0. The van der Waals surface area contributed by atoms with Gasteiger partial charge in [0.1, 0.15) is 5.75 Å². The van der Waals surface area contributed by atoms with Crippen LogP contribution in [0.15, 0.2) is 54.6 Å². The molecule has 2 nitrogen and oxygen atoms in total. The molecule has 116 valence electrons. The molecule has 2 aromatic rings. The largest absolute Gasteiger partial charge is 0.508 e. The van der Waals surface area contributed by atoms with Crippen LogP contribution in [-0.4, -0.2) is 29.6 Å². The number of phenolic OH excluding ortho intramolecular Hbond substituents is 1. The van der Waals surface area contributed by atoms with Gasteiger partial charge in [-0.25, -0.2) is 0 Å². The highest BCUT2D eigenvalue weighted by molar-refractivity contribution is 5.41. The van der Waals surface area contributed by atoms with Gasteiger partial charge in [-0.2, -0.15) is 0 Å². The molecule has 1 aliphatic rings. The molecule has 2 heteroatoms. The van der Waals surface area contributed by atoms with Crippen LogP contribution in [0.2, 0.25) is 0 Å². The van der Waals surface area contributed by atoms with Crippen LogP contribution in [-0.2, 0) is 0 Å². The lowest BCUT2D eigenvalue weighted by atomic mass is 9.86. The number of aromatic hydroxyl groups is 1. The van der Waals surface area contributed by atoms with Crippen molar-refractivity contribution in [2.24, 2.45) is 0 Å². The minimum absolute atomic E-state index is 0.255. The third-order valence-electron chi connectivity index (χ3n) is 4.98. The molecule has 0 bridgehead atoms. The number of phenols is 1. The third kappa shape index (κ3) is 3.33. The third-order valence-corrected chi connectivity index (χ3v) is 4.98. The number of hydrogen-bond donors (Lipinski definition) is 1. The summed E-state index contributed by atoms with van der Waals surface area (Å²) in [7, 11) is 2.23. The second-order valence-electron chi connectivity index (χ2n) is 6.38. The van der Waals surface area contributed by atoms with Gasteiger partial charge >= 0.3 is 0 Å². The maximum atomic E-state index is 10.3. The quantitative estimate of drug-likeness (QED) is 0.854. The van der Waals surface area contributed by atoms with Crippen LogP contribution in [0.5, 0.6) is 5.75 Å². The van der Waals surface area contributed by atoms with Crippen molar-refractivity contribution in [3.05, 3.63) is 65.7 Å². The highest BCUT2D eigenvalue weighted by atomic mass is 16.3. The molecule has 1 N–H and O–H groups in total. The summed E-state index contributed by atoms with van der Waals surface area (Å²) in [5.41, 5.74) is 2.32. The van der Waals surface area contributed by atoms with Crippen molar-refractivity contribution >= 4 is 0 Å². The molecule has 0 aliphatic heterocycles. The molecule has 1 saturated carbocycles. The van der Waals surface area contributed by atoms with Crippen molar-refractivity contribution in [1.29, 1.82) is 0 Å². The number of benzene rings is 2. The van der Waals surface area contributed by atoms with Gasteiger partial charge in [-0.15, -0.1) is 0 Å². The van der Waals surface area contributed by atoms with E-state index in [2.05, 4.69) is 42.3 Å². The topological polar surface area (TPSA) is 23.5 Å². The van der Waals surface area contributed by atoms with Crippen molar-refractivity contribution in [2.75, 3.05) is 13.6 Å². The Balaban J connectivity index is 1.79. The molecule has 1 unspecified atom stereocenters. The fourth-order valence-electron chi connectivity index (χ4n) is 3.31. The first-order valence-electron chi connectivity index (χ1n) is 8.29. The van der Waals surface area contributed by atoms with Gasteiger partial charge < -0.3 is 10.0 Å². The van der Waals surface area contributed by atoms with E-state index in [4.69, 9.17) is 0 Å². The standard InChI is InChI=1S/C20H25NO/c1-21(17-10-7-11-17)15-14-18(16-8-3-2-4-9-16)19-12-5-6-13-20(19)22/h2-6,8-9,12-13,17-18,22H,7,10-11,14-15H2,1H3. The van der Waals surface area contributed by atoms with Crippen molar-refractivity contribution in [3.8, 4) is 5.75 Å². The average molecular weight is 295 g/mol. The first-order chi connectivity index (χ1) is 10.8. The Kier molecular flexibility index (Phi) is 4.79. The predicted octanol–water partition coefficient (Wildman–Crippen LogP) is 4.40. The van der Waals surface area contributed by atoms with E-state index in [1.165, 1.54) is 24.8 Å². The molecule has 1 atom stereocenters. The normalized spacial score (nSPS) is 16.5. The smallest absolute Gasteiger partial charge is 0.119 e. The molecule has 1 fully saturated rings. The summed E-state index contributed by atoms with van der Waals surface area (Å²) in [4.78, 5) is 2.49. The number of hydrogen-bond acceptors (Lipinski definition) is 2. The van der Waals surface area contributed by atoms with Crippen LogP contribution < -0.4 is 0 Å². The summed E-state index contributed by atoms with van der Waals surface area (Å²) in [6.45, 7) is 1.07. The van der Waals surface area contributed by atoms with Gasteiger partial charge in [-0.05, 0) is 44.5 Å². The highest BCUT2D eigenvalue weighted by Crippen LogP contribution is 2.34. The Morgan fingerprint density at radius 1 is 1.05 bits per heavy atom. The van der Waals surface area contributed by atoms with E-state index in [0.29, 0.717) is 5.75 Å². The highest BCUT2D eigenvalue weighted by Gasteiger charge is 2.24. The monoisotopic (exact) mass is 295 g/mol. The van der Waals surface area contributed by atoms with Gasteiger partial charge in [-0.3, -0.25) is 0 Å². The first-order valence-corrected chi connectivity index (χ1v) is 8.29. The van der Waals surface area contributed by atoms with E-state index in [1.54, 1.807) is 6.07 Å². The summed E-state index contributed by atoms with van der Waals surface area (Å²) in [6, 6.07) is 19.1. The Labute approximate surface area is 133 Å². The molecule has 0 amide bonds. The van der Waals surface area contributed by atoms with Gasteiger partial charge in [0.2, 0.25) is 0 Å². The molecular weight excluding hydrogens is 270 g/mol. The van der Waals surface area contributed by atoms with Crippen LogP contribution in [0.4, 0.5) is 0 Å². The molecular formula is C20H25NO. The lowest BCUT2D eigenvalue weighted by molar-refractivity contribution is 0.156. The lowest BCUT2D eigenvalue weighted by Crippen LogP contribution is -2.38. The van der Waals surface area contributed by atoms with E-state index in [-0.39, 0.29) is 5.92 Å². The molecule has 2 aromatic carbocycles. The molecule has 0 radical (unpaired) electrons. The number of rotatable bonds is 6. The Bertz CT molecular complexity index is 592. The Morgan fingerprint density at radius 2 is 1.73 bits per heavy atom. The van der Waals surface area contributed by atoms with Gasteiger partial charge in [0.25, 0.3) is 0 Å². The molecule has 3 rings (SSSR count). The molecule has 0 aromatic heterocycles. The fraction of sp³-hybridized carbons (Fsp3) is 0.400. The molecule has 1 aliphatic carbocycles. The average Bonchev–Trinajstić information content (AvgIpc) is 2.48.